The number of hydrogen-bond donors (Lipinski definition) is 0. The second-order valence-corrected chi connectivity index (χ2v) is 19.4. The summed E-state index contributed by atoms with van der Waals surface area (Å²) in [5, 5.41) is 0. The lowest BCUT2D eigenvalue weighted by atomic mass is 9.65. The van der Waals surface area contributed by atoms with Gasteiger partial charge in [0.1, 0.15) is 0 Å². The van der Waals surface area contributed by atoms with Crippen molar-refractivity contribution >= 4 is 34.1 Å². The Kier molecular flexibility index (Phi) is 13.4. The zero-order valence-corrected chi connectivity index (χ0v) is 40.7. The highest BCUT2D eigenvalue weighted by molar-refractivity contribution is 5.88. The summed E-state index contributed by atoms with van der Waals surface area (Å²) in [6, 6.07) is 77.4. The van der Waals surface area contributed by atoms with Crippen LogP contribution < -0.4 is 9.80 Å². The summed E-state index contributed by atoms with van der Waals surface area (Å²) in [7, 11) is 0. The van der Waals surface area contributed by atoms with Crippen molar-refractivity contribution in [3.05, 3.63) is 240 Å². The molecule has 67 heavy (non-hydrogen) atoms. The molecule has 2 heteroatoms. The van der Waals surface area contributed by atoms with E-state index in [-0.39, 0.29) is 10.8 Å². The molecule has 0 radical (unpaired) electrons. The Morgan fingerprint density at radius 1 is 0.358 bits per heavy atom. The lowest BCUT2D eigenvalue weighted by Crippen LogP contribution is -2.30. The molecule has 9 rings (SSSR count). The van der Waals surface area contributed by atoms with Gasteiger partial charge in [-0.05, 0) is 154 Å². The van der Waals surface area contributed by atoms with E-state index in [9.17, 15) is 0 Å². The second-order valence-electron chi connectivity index (χ2n) is 19.4. The highest BCUT2D eigenvalue weighted by Gasteiger charge is 2.48. The highest BCUT2D eigenvalue weighted by atomic mass is 15.1. The molecule has 0 heterocycles. The van der Waals surface area contributed by atoms with Crippen LogP contribution in [0.5, 0.6) is 0 Å². The van der Waals surface area contributed by atoms with Crippen LogP contribution in [0.2, 0.25) is 0 Å². The summed E-state index contributed by atoms with van der Waals surface area (Å²) in [6.07, 6.45) is 9.33. The lowest BCUT2D eigenvalue weighted by molar-refractivity contribution is 0.402. The van der Waals surface area contributed by atoms with Crippen molar-refractivity contribution in [1.29, 1.82) is 0 Å². The molecule has 0 saturated heterocycles. The minimum absolute atomic E-state index is 0.0586. The minimum atomic E-state index is -0.596. The van der Waals surface area contributed by atoms with Crippen molar-refractivity contribution in [2.45, 2.75) is 109 Å². The van der Waals surface area contributed by atoms with Crippen LogP contribution in [0, 0.1) is 0 Å². The second kappa shape index (κ2) is 19.7. The van der Waals surface area contributed by atoms with Crippen molar-refractivity contribution < 1.29 is 0 Å². The topological polar surface area (TPSA) is 6.48 Å². The number of para-hydroxylation sites is 4. The number of hydrogen-bond acceptors (Lipinski definition) is 2. The molecule has 0 spiro atoms. The molecule has 1 aliphatic carbocycles. The van der Waals surface area contributed by atoms with Crippen molar-refractivity contribution in [2.24, 2.45) is 0 Å². The van der Waals surface area contributed by atoms with E-state index in [1.54, 1.807) is 0 Å². The summed E-state index contributed by atoms with van der Waals surface area (Å²) in [6.45, 7) is 14.4. The predicted molar refractivity (Wildman–Crippen MR) is 287 cm³/mol. The van der Waals surface area contributed by atoms with Gasteiger partial charge in [-0.15, -0.1) is 0 Å². The Morgan fingerprint density at radius 3 is 0.940 bits per heavy atom. The number of unbranched alkanes of at least 4 members (excludes halogenated alkanes) is 2. The molecule has 0 fully saturated rings. The van der Waals surface area contributed by atoms with Gasteiger partial charge in [0.15, 0.2) is 0 Å². The first-order valence-corrected chi connectivity index (χ1v) is 25.1. The number of rotatable bonds is 18. The largest absolute Gasteiger partial charge is 0.311 e. The summed E-state index contributed by atoms with van der Waals surface area (Å²) < 4.78 is 0. The zero-order chi connectivity index (χ0) is 46.4. The Bertz CT molecular complexity index is 2570. The van der Waals surface area contributed by atoms with Gasteiger partial charge in [0.2, 0.25) is 0 Å². The molecule has 0 bridgehead atoms. The average molecular weight is 877 g/mol. The van der Waals surface area contributed by atoms with Crippen LogP contribution in [0.1, 0.15) is 126 Å². The molecule has 2 atom stereocenters. The Labute approximate surface area is 402 Å². The fraction of sp³-hybridized carbons (Fsp3) is 0.262. The standard InChI is InChI=1S/C65H68N2/c1-7-11-45-63(5,9-3)51-37-43-59-60-44-38-52(64(6,10-4)46-12-8-2)48-62(60)65(61(59)47-51,49-33-39-57(40-34-49)66(53-25-17-13-18-26-53)54-27-19-14-20-28-54)50-35-41-58(42-36-50)67(55-29-21-15-22-30-55)56-31-23-16-24-32-56/h13-44,47-48H,7-12,45-46H2,1-6H3. The van der Waals surface area contributed by atoms with Crippen LogP contribution in [0.3, 0.4) is 0 Å². The Morgan fingerprint density at radius 2 is 0.657 bits per heavy atom. The van der Waals surface area contributed by atoms with Crippen molar-refractivity contribution in [1.82, 2.24) is 0 Å². The SMILES string of the molecule is CCCCC(C)(CC)c1ccc2c(c1)C(c1ccc(N(c3ccccc3)c3ccccc3)cc1)(c1ccc(N(c3ccccc3)c3ccccc3)cc1)c1cc(C(C)(CC)CCCC)ccc1-2. The Hall–Kier alpha value is -6.64. The third-order valence-corrected chi connectivity index (χ3v) is 15.4. The molecule has 2 nitrogen and oxygen atoms in total. The summed E-state index contributed by atoms with van der Waals surface area (Å²) in [4.78, 5) is 4.75. The van der Waals surface area contributed by atoms with E-state index >= 15 is 0 Å². The van der Waals surface area contributed by atoms with E-state index < -0.39 is 5.41 Å². The molecular formula is C65H68N2. The van der Waals surface area contributed by atoms with Gasteiger partial charge in [0.25, 0.3) is 0 Å². The van der Waals surface area contributed by atoms with Crippen LogP contribution >= 0.6 is 0 Å². The molecule has 8 aromatic rings. The molecule has 0 aromatic heterocycles. The molecule has 8 aromatic carbocycles. The molecule has 0 amide bonds. The van der Waals surface area contributed by atoms with E-state index in [0.29, 0.717) is 0 Å². The lowest BCUT2D eigenvalue weighted by Gasteiger charge is -2.37. The number of fused-ring (bicyclic) bond motifs is 3. The van der Waals surface area contributed by atoms with E-state index in [0.717, 1.165) is 47.0 Å². The maximum atomic E-state index is 2.63. The quantitative estimate of drug-likeness (QED) is 0.0847. The number of nitrogens with zero attached hydrogens (tertiary/aromatic N) is 2. The minimum Gasteiger partial charge on any atom is -0.311 e. The maximum Gasteiger partial charge on any atom is 0.0713 e. The fourth-order valence-corrected chi connectivity index (χ4v) is 11.0. The average Bonchev–Trinajstić information content (AvgIpc) is 3.69. The van der Waals surface area contributed by atoms with Gasteiger partial charge in [-0.25, -0.2) is 0 Å². The van der Waals surface area contributed by atoms with Gasteiger partial charge in [0.05, 0.1) is 5.41 Å². The van der Waals surface area contributed by atoms with Crippen LogP contribution in [0.25, 0.3) is 11.1 Å². The van der Waals surface area contributed by atoms with Gasteiger partial charge in [-0.2, -0.15) is 0 Å². The molecule has 0 aliphatic heterocycles. The third kappa shape index (κ3) is 8.52. The van der Waals surface area contributed by atoms with E-state index in [2.05, 4.69) is 258 Å². The van der Waals surface area contributed by atoms with Crippen LogP contribution in [0.4, 0.5) is 34.1 Å². The Balaban J connectivity index is 1.32. The van der Waals surface area contributed by atoms with E-state index in [4.69, 9.17) is 0 Å². The first kappa shape index (κ1) is 45.5. The normalized spacial score (nSPS) is 14.4. The van der Waals surface area contributed by atoms with Crippen LogP contribution in [-0.4, -0.2) is 0 Å². The van der Waals surface area contributed by atoms with Crippen LogP contribution in [-0.2, 0) is 16.2 Å². The molecule has 0 N–H and O–H groups in total. The first-order valence-electron chi connectivity index (χ1n) is 25.1. The molecule has 1 aliphatic rings. The molecule has 338 valence electrons. The summed E-state index contributed by atoms with van der Waals surface area (Å²) in [5.41, 5.74) is 17.2. The van der Waals surface area contributed by atoms with Gasteiger partial charge >= 0.3 is 0 Å². The molecular weight excluding hydrogens is 809 g/mol. The van der Waals surface area contributed by atoms with Crippen LogP contribution in [0.15, 0.2) is 206 Å². The van der Waals surface area contributed by atoms with Crippen molar-refractivity contribution in [3.8, 4) is 11.1 Å². The monoisotopic (exact) mass is 877 g/mol. The van der Waals surface area contributed by atoms with Gasteiger partial charge < -0.3 is 9.80 Å². The van der Waals surface area contributed by atoms with Gasteiger partial charge in [-0.3, -0.25) is 0 Å². The molecule has 2 unspecified atom stereocenters. The fourth-order valence-electron chi connectivity index (χ4n) is 11.0. The van der Waals surface area contributed by atoms with Gasteiger partial charge in [0, 0.05) is 34.1 Å². The summed E-state index contributed by atoms with van der Waals surface area (Å²) in [5.74, 6) is 0. The first-order chi connectivity index (χ1) is 32.8. The predicted octanol–water partition coefficient (Wildman–Crippen LogP) is 18.7. The zero-order valence-electron chi connectivity index (χ0n) is 40.7. The van der Waals surface area contributed by atoms with E-state index in [1.807, 2.05) is 0 Å². The highest BCUT2D eigenvalue weighted by Crippen LogP contribution is 2.58. The maximum absolute atomic E-state index is 2.63. The summed E-state index contributed by atoms with van der Waals surface area (Å²) >= 11 is 0. The van der Waals surface area contributed by atoms with Crippen molar-refractivity contribution in [2.75, 3.05) is 9.80 Å². The number of anilines is 6. The third-order valence-electron chi connectivity index (χ3n) is 15.4. The van der Waals surface area contributed by atoms with E-state index in [1.165, 1.54) is 83.0 Å². The smallest absolute Gasteiger partial charge is 0.0713 e. The number of benzene rings is 8. The van der Waals surface area contributed by atoms with Crippen molar-refractivity contribution in [3.63, 3.8) is 0 Å². The van der Waals surface area contributed by atoms with Gasteiger partial charge in [-0.1, -0.05) is 201 Å². The molecule has 0 saturated carbocycles.